The van der Waals surface area contributed by atoms with E-state index in [-0.39, 0.29) is 17.7 Å². The van der Waals surface area contributed by atoms with Gasteiger partial charge in [0.15, 0.2) is 6.61 Å². The monoisotopic (exact) mass is 393 g/mol. The number of H-pyrrole nitrogens is 1. The predicted molar refractivity (Wildman–Crippen MR) is 105 cm³/mol. The van der Waals surface area contributed by atoms with Crippen molar-refractivity contribution in [1.82, 2.24) is 15.8 Å². The van der Waals surface area contributed by atoms with Gasteiger partial charge in [-0.25, -0.2) is 0 Å². The Labute approximate surface area is 166 Å². The average Bonchev–Trinajstić information content (AvgIpc) is 2.76. The van der Waals surface area contributed by atoms with Crippen molar-refractivity contribution in [2.45, 2.75) is 6.61 Å². The van der Waals surface area contributed by atoms with Gasteiger partial charge in [0.2, 0.25) is 5.56 Å². The second-order valence-electron chi connectivity index (χ2n) is 5.98. The van der Waals surface area contributed by atoms with Crippen molar-refractivity contribution >= 4 is 11.8 Å². The van der Waals surface area contributed by atoms with Crippen LogP contribution in [0.1, 0.15) is 15.9 Å². The summed E-state index contributed by atoms with van der Waals surface area (Å²) in [4.78, 5) is 37.0. The van der Waals surface area contributed by atoms with Crippen molar-refractivity contribution in [3.63, 3.8) is 0 Å². The molecule has 0 aliphatic carbocycles. The lowest BCUT2D eigenvalue weighted by atomic mass is 10.2. The van der Waals surface area contributed by atoms with Crippen LogP contribution in [0.4, 0.5) is 0 Å². The van der Waals surface area contributed by atoms with E-state index in [4.69, 9.17) is 9.47 Å². The smallest absolute Gasteiger partial charge is 0.276 e. The van der Waals surface area contributed by atoms with Crippen molar-refractivity contribution in [1.29, 1.82) is 0 Å². The molecule has 29 heavy (non-hydrogen) atoms. The molecule has 3 rings (SSSR count). The van der Waals surface area contributed by atoms with Crippen molar-refractivity contribution in [3.05, 3.63) is 94.4 Å². The molecule has 8 nitrogen and oxygen atoms in total. The number of aromatic nitrogens is 1. The largest absolute Gasteiger partial charge is 0.489 e. The zero-order chi connectivity index (χ0) is 20.5. The Hall–Kier alpha value is -4.07. The third-order valence-electron chi connectivity index (χ3n) is 3.80. The van der Waals surface area contributed by atoms with Crippen LogP contribution in [0.3, 0.4) is 0 Å². The number of pyridine rings is 1. The van der Waals surface area contributed by atoms with Crippen LogP contribution in [-0.2, 0) is 11.4 Å². The molecule has 0 radical (unpaired) electrons. The Bertz CT molecular complexity index is 996. The van der Waals surface area contributed by atoms with E-state index in [1.807, 2.05) is 30.3 Å². The molecule has 0 saturated carbocycles. The van der Waals surface area contributed by atoms with E-state index in [2.05, 4.69) is 15.8 Å². The number of carbonyl (C=O) groups excluding carboxylic acids is 2. The summed E-state index contributed by atoms with van der Waals surface area (Å²) in [6, 6.07) is 19.2. The quantitative estimate of drug-likeness (QED) is 0.530. The first kappa shape index (κ1) is 19.7. The molecular weight excluding hydrogens is 374 g/mol. The minimum Gasteiger partial charge on any atom is -0.489 e. The molecule has 2 aromatic carbocycles. The summed E-state index contributed by atoms with van der Waals surface area (Å²) in [7, 11) is 0. The molecule has 0 unspecified atom stereocenters. The maximum Gasteiger partial charge on any atom is 0.276 e. The molecule has 0 aliphatic heterocycles. The van der Waals surface area contributed by atoms with Crippen LogP contribution >= 0.6 is 0 Å². The number of benzene rings is 2. The topological polar surface area (TPSA) is 110 Å². The van der Waals surface area contributed by atoms with E-state index in [9.17, 15) is 14.4 Å². The van der Waals surface area contributed by atoms with Crippen LogP contribution in [-0.4, -0.2) is 23.4 Å². The van der Waals surface area contributed by atoms with Gasteiger partial charge in [0.05, 0.1) is 5.56 Å². The van der Waals surface area contributed by atoms with Gasteiger partial charge in [0, 0.05) is 12.3 Å². The molecule has 8 heteroatoms. The number of hydrazine groups is 1. The lowest BCUT2D eigenvalue weighted by molar-refractivity contribution is -0.123. The van der Waals surface area contributed by atoms with E-state index in [0.29, 0.717) is 18.1 Å². The van der Waals surface area contributed by atoms with Crippen LogP contribution in [0.2, 0.25) is 0 Å². The van der Waals surface area contributed by atoms with Gasteiger partial charge in [-0.3, -0.25) is 25.2 Å². The third-order valence-corrected chi connectivity index (χ3v) is 3.80. The SMILES string of the molecule is O=C(COc1ccc(OCc2ccccc2)cc1)NNC(=O)c1ccc(=O)[nH]c1. The summed E-state index contributed by atoms with van der Waals surface area (Å²) in [6.07, 6.45) is 1.25. The molecule has 0 bridgehead atoms. The molecule has 2 amide bonds. The number of hydrogen-bond acceptors (Lipinski definition) is 5. The molecule has 3 aromatic rings. The van der Waals surface area contributed by atoms with Gasteiger partial charge in [-0.15, -0.1) is 0 Å². The molecule has 3 N–H and O–H groups in total. The van der Waals surface area contributed by atoms with Gasteiger partial charge >= 0.3 is 0 Å². The Kier molecular flexibility index (Phi) is 6.62. The van der Waals surface area contributed by atoms with E-state index in [1.54, 1.807) is 24.3 Å². The second kappa shape index (κ2) is 9.75. The van der Waals surface area contributed by atoms with Crippen LogP contribution in [0.5, 0.6) is 11.5 Å². The fourth-order valence-electron chi connectivity index (χ4n) is 2.31. The molecule has 0 fully saturated rings. The fraction of sp³-hybridized carbons (Fsp3) is 0.0952. The van der Waals surface area contributed by atoms with Crippen molar-refractivity contribution < 1.29 is 19.1 Å². The molecule has 1 aromatic heterocycles. The Morgan fingerprint density at radius 3 is 2.17 bits per heavy atom. The number of ether oxygens (including phenoxy) is 2. The minimum absolute atomic E-state index is 0.205. The summed E-state index contributed by atoms with van der Waals surface area (Å²) in [5, 5.41) is 0. The zero-order valence-electron chi connectivity index (χ0n) is 15.4. The summed E-state index contributed by atoms with van der Waals surface area (Å²) >= 11 is 0. The maximum atomic E-state index is 11.8. The van der Waals surface area contributed by atoms with E-state index in [1.165, 1.54) is 18.3 Å². The molecule has 1 heterocycles. The van der Waals surface area contributed by atoms with E-state index >= 15 is 0 Å². The number of hydrogen-bond donors (Lipinski definition) is 3. The molecule has 148 valence electrons. The third kappa shape index (κ3) is 6.24. The molecular formula is C21H19N3O5. The van der Waals surface area contributed by atoms with E-state index < -0.39 is 11.8 Å². The summed E-state index contributed by atoms with van der Waals surface area (Å²) in [5.74, 6) is 0.0692. The number of nitrogens with one attached hydrogen (secondary N) is 3. The Balaban J connectivity index is 1.40. The van der Waals surface area contributed by atoms with Crippen LogP contribution in [0.15, 0.2) is 77.7 Å². The first-order chi connectivity index (χ1) is 14.1. The van der Waals surface area contributed by atoms with Crippen molar-refractivity contribution in [2.75, 3.05) is 6.61 Å². The highest BCUT2D eigenvalue weighted by Gasteiger charge is 2.08. The standard InChI is InChI=1S/C21H19N3O5/c25-19-11-6-16(12-22-19)21(27)24-23-20(26)14-29-18-9-7-17(8-10-18)28-13-15-4-2-1-3-5-15/h1-12H,13-14H2,(H,22,25)(H,23,26)(H,24,27). The normalized spacial score (nSPS) is 10.1. The molecule has 0 saturated heterocycles. The fourth-order valence-corrected chi connectivity index (χ4v) is 2.31. The Morgan fingerprint density at radius 2 is 1.52 bits per heavy atom. The lowest BCUT2D eigenvalue weighted by Gasteiger charge is -2.10. The first-order valence-corrected chi connectivity index (χ1v) is 8.78. The zero-order valence-corrected chi connectivity index (χ0v) is 15.4. The van der Waals surface area contributed by atoms with Gasteiger partial charge in [0.1, 0.15) is 18.1 Å². The van der Waals surface area contributed by atoms with Gasteiger partial charge in [0.25, 0.3) is 11.8 Å². The predicted octanol–water partition coefficient (Wildman–Crippen LogP) is 1.79. The highest BCUT2D eigenvalue weighted by atomic mass is 16.5. The second-order valence-corrected chi connectivity index (χ2v) is 5.98. The van der Waals surface area contributed by atoms with Gasteiger partial charge in [-0.2, -0.15) is 0 Å². The molecule has 0 atom stereocenters. The minimum atomic E-state index is -0.561. The van der Waals surface area contributed by atoms with Crippen molar-refractivity contribution in [3.8, 4) is 11.5 Å². The summed E-state index contributed by atoms with van der Waals surface area (Å²) in [6.45, 7) is 0.175. The van der Waals surface area contributed by atoms with Crippen LogP contribution in [0, 0.1) is 0 Å². The van der Waals surface area contributed by atoms with Crippen LogP contribution in [0.25, 0.3) is 0 Å². The lowest BCUT2D eigenvalue weighted by Crippen LogP contribution is -2.43. The van der Waals surface area contributed by atoms with Crippen LogP contribution < -0.4 is 25.9 Å². The number of amides is 2. The van der Waals surface area contributed by atoms with E-state index in [0.717, 1.165) is 5.56 Å². The molecule has 0 aliphatic rings. The highest BCUT2D eigenvalue weighted by molar-refractivity contribution is 5.95. The summed E-state index contributed by atoms with van der Waals surface area (Å²) in [5.41, 5.74) is 5.42. The summed E-state index contributed by atoms with van der Waals surface area (Å²) < 4.78 is 11.1. The highest BCUT2D eigenvalue weighted by Crippen LogP contribution is 2.18. The number of aromatic amines is 1. The number of rotatable bonds is 7. The van der Waals surface area contributed by atoms with Gasteiger partial charge in [-0.05, 0) is 35.9 Å². The van der Waals surface area contributed by atoms with Gasteiger partial charge in [-0.1, -0.05) is 30.3 Å². The van der Waals surface area contributed by atoms with Gasteiger partial charge < -0.3 is 14.5 Å². The maximum absolute atomic E-state index is 11.8. The molecule has 0 spiro atoms. The average molecular weight is 393 g/mol. The van der Waals surface area contributed by atoms with Crippen molar-refractivity contribution in [2.24, 2.45) is 0 Å². The first-order valence-electron chi connectivity index (χ1n) is 8.78. The number of carbonyl (C=O) groups is 2. The Morgan fingerprint density at radius 1 is 0.828 bits per heavy atom.